The summed E-state index contributed by atoms with van der Waals surface area (Å²) in [5, 5.41) is 6.11. The van der Waals surface area contributed by atoms with Gasteiger partial charge in [-0.2, -0.15) is 0 Å². The van der Waals surface area contributed by atoms with Gasteiger partial charge in [0.05, 0.1) is 5.41 Å². The quantitative estimate of drug-likeness (QED) is 0.403. The van der Waals surface area contributed by atoms with Gasteiger partial charge in [0, 0.05) is 33.7 Å². The first kappa shape index (κ1) is 22.7. The van der Waals surface area contributed by atoms with Crippen molar-refractivity contribution < 1.29 is 4.79 Å². The Bertz CT molecular complexity index is 603. The minimum atomic E-state index is -0.474. The van der Waals surface area contributed by atoms with Crippen molar-refractivity contribution in [2.45, 2.75) is 33.1 Å². The van der Waals surface area contributed by atoms with Crippen molar-refractivity contribution in [2.24, 2.45) is 16.3 Å². The maximum absolute atomic E-state index is 12.0. The first-order valence-electron chi connectivity index (χ1n) is 9.11. The lowest BCUT2D eigenvalue weighted by Crippen LogP contribution is -2.51. The third-order valence-corrected chi connectivity index (χ3v) is 5.17. The summed E-state index contributed by atoms with van der Waals surface area (Å²) in [6, 6.07) is 10.8. The van der Waals surface area contributed by atoms with Crippen molar-refractivity contribution in [3.63, 3.8) is 0 Å². The Morgan fingerprint density at radius 2 is 1.96 bits per heavy atom. The van der Waals surface area contributed by atoms with Gasteiger partial charge in [-0.25, -0.2) is 0 Å². The van der Waals surface area contributed by atoms with Crippen LogP contribution in [0.1, 0.15) is 38.7 Å². The number of carbonyl (C=O) groups is 1. The molecule has 26 heavy (non-hydrogen) atoms. The van der Waals surface area contributed by atoms with Gasteiger partial charge in [-0.05, 0) is 37.7 Å². The highest BCUT2D eigenvalue weighted by molar-refractivity contribution is 14.0. The van der Waals surface area contributed by atoms with Crippen LogP contribution in [-0.4, -0.2) is 50.5 Å². The topological polar surface area (TPSA) is 56.7 Å². The number of nitrogens with zero attached hydrogens (tertiary/aromatic N) is 2. The molecule has 0 spiro atoms. The smallest absolute Gasteiger partial charge is 0.227 e. The summed E-state index contributed by atoms with van der Waals surface area (Å²) in [7, 11) is 3.48. The summed E-state index contributed by atoms with van der Waals surface area (Å²) in [5.41, 5.74) is 0.955. The van der Waals surface area contributed by atoms with E-state index in [1.807, 2.05) is 20.9 Å². The molecule has 2 unspecified atom stereocenters. The number of piperidine rings is 1. The van der Waals surface area contributed by atoms with E-state index in [0.29, 0.717) is 18.4 Å². The van der Waals surface area contributed by atoms with E-state index in [0.717, 1.165) is 25.5 Å². The predicted octanol–water partition coefficient (Wildman–Crippen LogP) is 3.08. The van der Waals surface area contributed by atoms with Crippen molar-refractivity contribution in [1.82, 2.24) is 15.5 Å². The lowest BCUT2D eigenvalue weighted by atomic mass is 9.81. The molecule has 1 saturated heterocycles. The number of rotatable bonds is 4. The third-order valence-electron chi connectivity index (χ3n) is 5.17. The molecule has 0 saturated carbocycles. The van der Waals surface area contributed by atoms with Crippen LogP contribution in [-0.2, 0) is 4.79 Å². The summed E-state index contributed by atoms with van der Waals surface area (Å²) in [6.45, 7) is 8.70. The molecule has 2 atom stereocenters. The molecule has 2 rings (SSSR count). The van der Waals surface area contributed by atoms with Gasteiger partial charge in [-0.3, -0.25) is 9.79 Å². The zero-order valence-corrected chi connectivity index (χ0v) is 18.9. The van der Waals surface area contributed by atoms with Gasteiger partial charge in [-0.1, -0.05) is 37.3 Å². The molecule has 1 aromatic rings. The summed E-state index contributed by atoms with van der Waals surface area (Å²) >= 11 is 0. The third kappa shape index (κ3) is 5.59. The number of carbonyl (C=O) groups excluding carboxylic acids is 1. The van der Waals surface area contributed by atoms with E-state index in [-0.39, 0.29) is 29.9 Å². The molecule has 0 radical (unpaired) electrons. The minimum Gasteiger partial charge on any atom is -0.359 e. The second-order valence-electron chi connectivity index (χ2n) is 7.59. The number of amides is 1. The molecule has 1 amide bonds. The number of benzene rings is 1. The monoisotopic (exact) mass is 472 g/mol. The molecule has 5 nitrogen and oxygen atoms in total. The zero-order valence-electron chi connectivity index (χ0n) is 16.6. The highest BCUT2D eigenvalue weighted by atomic mass is 127. The fourth-order valence-corrected chi connectivity index (χ4v) is 3.58. The fraction of sp³-hybridized carbons (Fsp3) is 0.600. The average molecular weight is 472 g/mol. The van der Waals surface area contributed by atoms with Crippen molar-refractivity contribution >= 4 is 35.8 Å². The molecule has 2 N–H and O–H groups in total. The number of halogens is 1. The van der Waals surface area contributed by atoms with Crippen LogP contribution in [0.15, 0.2) is 35.3 Å². The Kier molecular flexibility index (Phi) is 8.86. The van der Waals surface area contributed by atoms with Gasteiger partial charge in [0.15, 0.2) is 5.96 Å². The maximum atomic E-state index is 12.0. The van der Waals surface area contributed by atoms with Crippen LogP contribution in [0, 0.1) is 11.3 Å². The largest absolute Gasteiger partial charge is 0.359 e. The fourth-order valence-electron chi connectivity index (χ4n) is 3.58. The number of hydrogen-bond acceptors (Lipinski definition) is 2. The molecule has 6 heteroatoms. The summed E-state index contributed by atoms with van der Waals surface area (Å²) in [5.74, 6) is 2.07. The lowest BCUT2D eigenvalue weighted by Gasteiger charge is -2.39. The molecule has 1 heterocycles. The van der Waals surface area contributed by atoms with E-state index in [9.17, 15) is 4.79 Å². The molecule has 1 fully saturated rings. The van der Waals surface area contributed by atoms with Crippen molar-refractivity contribution in [3.8, 4) is 0 Å². The van der Waals surface area contributed by atoms with Crippen LogP contribution < -0.4 is 10.6 Å². The molecule has 146 valence electrons. The molecule has 1 aliphatic rings. The standard InChI is InChI=1S/C20H32N4O.HI/c1-15-13-24(12-11-17(15)16-9-7-6-8-10-16)19(22-5)23-14-20(2,3)18(25)21-4;/h6-10,15,17H,11-14H2,1-5H3,(H,21,25)(H,22,23);1H. The van der Waals surface area contributed by atoms with Gasteiger partial charge in [-0.15, -0.1) is 24.0 Å². The number of likely N-dealkylation sites (tertiary alicyclic amines) is 1. The molecular weight excluding hydrogens is 439 g/mol. The van der Waals surface area contributed by atoms with E-state index in [2.05, 4.69) is 57.8 Å². The number of aliphatic imine (C=N–C) groups is 1. The van der Waals surface area contributed by atoms with Gasteiger partial charge in [0.1, 0.15) is 0 Å². The molecular formula is C20H33IN4O. The highest BCUT2D eigenvalue weighted by Gasteiger charge is 2.31. The zero-order chi connectivity index (χ0) is 18.4. The first-order valence-corrected chi connectivity index (χ1v) is 9.11. The van der Waals surface area contributed by atoms with Crippen LogP contribution in [0.25, 0.3) is 0 Å². The predicted molar refractivity (Wildman–Crippen MR) is 119 cm³/mol. The normalized spacial score (nSPS) is 21.0. The Labute approximate surface area is 175 Å². The SMILES string of the molecule is CN=C(NCC(C)(C)C(=O)NC)N1CCC(c2ccccc2)C(C)C1.I. The van der Waals surface area contributed by atoms with Gasteiger partial charge < -0.3 is 15.5 Å². The molecule has 0 bridgehead atoms. The molecule has 0 aromatic heterocycles. The van der Waals surface area contributed by atoms with Crippen molar-refractivity contribution in [1.29, 1.82) is 0 Å². The van der Waals surface area contributed by atoms with Crippen LogP contribution in [0.5, 0.6) is 0 Å². The number of guanidine groups is 1. The van der Waals surface area contributed by atoms with E-state index in [1.54, 1.807) is 7.05 Å². The minimum absolute atomic E-state index is 0. The van der Waals surface area contributed by atoms with Crippen LogP contribution in [0.2, 0.25) is 0 Å². The van der Waals surface area contributed by atoms with E-state index >= 15 is 0 Å². The van der Waals surface area contributed by atoms with Crippen LogP contribution in [0.4, 0.5) is 0 Å². The Morgan fingerprint density at radius 1 is 1.31 bits per heavy atom. The van der Waals surface area contributed by atoms with Crippen molar-refractivity contribution in [2.75, 3.05) is 33.7 Å². The highest BCUT2D eigenvalue weighted by Crippen LogP contribution is 2.32. The summed E-state index contributed by atoms with van der Waals surface area (Å²) in [6.07, 6.45) is 1.12. The Balaban J connectivity index is 0.00000338. The van der Waals surface area contributed by atoms with Gasteiger partial charge in [0.2, 0.25) is 5.91 Å². The summed E-state index contributed by atoms with van der Waals surface area (Å²) < 4.78 is 0. The second-order valence-corrected chi connectivity index (χ2v) is 7.59. The Hall–Kier alpha value is -1.31. The summed E-state index contributed by atoms with van der Waals surface area (Å²) in [4.78, 5) is 18.7. The van der Waals surface area contributed by atoms with Crippen molar-refractivity contribution in [3.05, 3.63) is 35.9 Å². The average Bonchev–Trinajstić information content (AvgIpc) is 2.62. The Morgan fingerprint density at radius 3 is 2.50 bits per heavy atom. The van der Waals surface area contributed by atoms with Gasteiger partial charge in [0.25, 0.3) is 0 Å². The molecule has 1 aromatic carbocycles. The van der Waals surface area contributed by atoms with Crippen LogP contribution >= 0.6 is 24.0 Å². The number of nitrogens with one attached hydrogen (secondary N) is 2. The molecule has 0 aliphatic carbocycles. The lowest BCUT2D eigenvalue weighted by molar-refractivity contribution is -0.128. The van der Waals surface area contributed by atoms with E-state index in [1.165, 1.54) is 5.56 Å². The van der Waals surface area contributed by atoms with Gasteiger partial charge >= 0.3 is 0 Å². The first-order chi connectivity index (χ1) is 11.9. The van der Waals surface area contributed by atoms with Crippen LogP contribution in [0.3, 0.4) is 0 Å². The van der Waals surface area contributed by atoms with E-state index in [4.69, 9.17) is 0 Å². The maximum Gasteiger partial charge on any atom is 0.227 e. The molecule has 1 aliphatic heterocycles. The second kappa shape index (κ2) is 10.1. The van der Waals surface area contributed by atoms with E-state index < -0.39 is 5.41 Å². The number of hydrogen-bond donors (Lipinski definition) is 2.